The highest BCUT2D eigenvalue weighted by atomic mass is 79.9. The van der Waals surface area contributed by atoms with Gasteiger partial charge in [-0.3, -0.25) is 4.79 Å². The van der Waals surface area contributed by atoms with Crippen LogP contribution in [0.25, 0.3) is 0 Å². The van der Waals surface area contributed by atoms with Crippen LogP contribution in [0.1, 0.15) is 15.2 Å². The Bertz CT molecular complexity index is 787. The zero-order chi connectivity index (χ0) is 17.0. The number of hydrogen-bond donors (Lipinski definition) is 0. The van der Waals surface area contributed by atoms with E-state index in [1.165, 1.54) is 34.9 Å². The largest absolute Gasteiger partial charge is 0.292 e. The first-order valence-electron chi connectivity index (χ1n) is 6.73. The molecule has 4 nitrogen and oxygen atoms in total. The standard InChI is InChI=1S/C15H15BrFNO3S2/c1-18(7-6-11-2-4-12(17)5-3-11)23(20,21)13-8-15(22-10-13)14(19)9-16/h2-5,8,10H,6-7,9H2,1H3. The van der Waals surface area contributed by atoms with E-state index in [1.807, 2.05) is 0 Å². The van der Waals surface area contributed by atoms with Crippen molar-refractivity contribution in [1.82, 2.24) is 4.31 Å². The number of halogens is 2. The second-order valence-corrected chi connectivity index (χ2v) is 8.42. The Kier molecular flexibility index (Phi) is 6.07. The summed E-state index contributed by atoms with van der Waals surface area (Å²) in [5.41, 5.74) is 0.855. The number of alkyl halides is 1. The van der Waals surface area contributed by atoms with Crippen molar-refractivity contribution < 1.29 is 17.6 Å². The Balaban J connectivity index is 2.07. The van der Waals surface area contributed by atoms with Crippen molar-refractivity contribution in [3.63, 3.8) is 0 Å². The SMILES string of the molecule is CN(CCc1ccc(F)cc1)S(=O)(=O)c1csc(C(=O)CBr)c1. The number of likely N-dealkylation sites (N-methyl/N-ethyl adjacent to an activating group) is 1. The van der Waals surface area contributed by atoms with Crippen LogP contribution < -0.4 is 0 Å². The number of rotatable bonds is 7. The summed E-state index contributed by atoms with van der Waals surface area (Å²) in [4.78, 5) is 12.1. The second kappa shape index (κ2) is 7.65. The molecule has 1 heterocycles. The van der Waals surface area contributed by atoms with Crippen LogP contribution in [0.5, 0.6) is 0 Å². The number of hydrogen-bond acceptors (Lipinski definition) is 4. The Morgan fingerprint density at radius 3 is 2.57 bits per heavy atom. The number of thiophene rings is 1. The van der Waals surface area contributed by atoms with Gasteiger partial charge in [-0.05, 0) is 30.2 Å². The Labute approximate surface area is 147 Å². The number of carbonyl (C=O) groups excluding carboxylic acids is 1. The molecular formula is C15H15BrFNO3S2. The highest BCUT2D eigenvalue weighted by Gasteiger charge is 2.23. The molecule has 0 unspecified atom stereocenters. The van der Waals surface area contributed by atoms with Gasteiger partial charge >= 0.3 is 0 Å². The Morgan fingerprint density at radius 1 is 1.30 bits per heavy atom. The van der Waals surface area contributed by atoms with Crippen molar-refractivity contribution in [2.75, 3.05) is 18.9 Å². The maximum absolute atomic E-state index is 12.9. The van der Waals surface area contributed by atoms with Gasteiger partial charge in [0.25, 0.3) is 0 Å². The van der Waals surface area contributed by atoms with Gasteiger partial charge in [-0.25, -0.2) is 17.1 Å². The van der Waals surface area contributed by atoms with E-state index < -0.39 is 10.0 Å². The van der Waals surface area contributed by atoms with E-state index in [0.29, 0.717) is 11.3 Å². The molecule has 0 bridgehead atoms. The molecule has 0 radical (unpaired) electrons. The molecule has 0 atom stereocenters. The average molecular weight is 420 g/mol. The van der Waals surface area contributed by atoms with E-state index in [2.05, 4.69) is 15.9 Å². The fraction of sp³-hybridized carbons (Fsp3) is 0.267. The van der Waals surface area contributed by atoms with Gasteiger partial charge in [-0.1, -0.05) is 28.1 Å². The molecule has 1 aromatic carbocycles. The molecule has 23 heavy (non-hydrogen) atoms. The lowest BCUT2D eigenvalue weighted by Crippen LogP contribution is -2.28. The fourth-order valence-electron chi connectivity index (χ4n) is 1.90. The monoisotopic (exact) mass is 419 g/mol. The Morgan fingerprint density at radius 2 is 1.96 bits per heavy atom. The zero-order valence-corrected chi connectivity index (χ0v) is 15.5. The lowest BCUT2D eigenvalue weighted by atomic mass is 10.1. The van der Waals surface area contributed by atoms with Gasteiger partial charge in [0.15, 0.2) is 5.78 Å². The molecule has 8 heteroatoms. The summed E-state index contributed by atoms with van der Waals surface area (Å²) in [7, 11) is -2.15. The first-order chi connectivity index (χ1) is 10.8. The number of benzene rings is 1. The molecule has 0 spiro atoms. The third kappa shape index (κ3) is 4.47. The molecule has 0 amide bonds. The molecule has 2 rings (SSSR count). The molecule has 0 saturated carbocycles. The van der Waals surface area contributed by atoms with Crippen molar-refractivity contribution in [1.29, 1.82) is 0 Å². The van der Waals surface area contributed by atoms with Crippen LogP contribution in [0, 0.1) is 5.82 Å². The lowest BCUT2D eigenvalue weighted by molar-refractivity contribution is 0.102. The molecule has 0 aliphatic heterocycles. The maximum Gasteiger partial charge on any atom is 0.243 e. The summed E-state index contributed by atoms with van der Waals surface area (Å²) in [6, 6.07) is 7.36. The van der Waals surface area contributed by atoms with Crippen LogP contribution >= 0.6 is 27.3 Å². The fourth-order valence-corrected chi connectivity index (χ4v) is 4.76. The van der Waals surface area contributed by atoms with Gasteiger partial charge in [0.1, 0.15) is 5.82 Å². The van der Waals surface area contributed by atoms with Gasteiger partial charge in [-0.15, -0.1) is 11.3 Å². The van der Waals surface area contributed by atoms with Crippen LogP contribution in [0.4, 0.5) is 4.39 Å². The smallest absolute Gasteiger partial charge is 0.243 e. The normalized spacial score (nSPS) is 11.8. The lowest BCUT2D eigenvalue weighted by Gasteiger charge is -2.16. The summed E-state index contributed by atoms with van der Waals surface area (Å²) >= 11 is 4.18. The first-order valence-corrected chi connectivity index (χ1v) is 10.2. The number of carbonyl (C=O) groups is 1. The van der Waals surface area contributed by atoms with Crippen molar-refractivity contribution in [2.24, 2.45) is 0 Å². The summed E-state index contributed by atoms with van der Waals surface area (Å²) in [5.74, 6) is -0.470. The van der Waals surface area contributed by atoms with Gasteiger partial charge < -0.3 is 0 Å². The van der Waals surface area contributed by atoms with Crippen LogP contribution in [0.2, 0.25) is 0 Å². The van der Waals surface area contributed by atoms with Crippen molar-refractivity contribution in [2.45, 2.75) is 11.3 Å². The number of ketones is 1. The molecule has 124 valence electrons. The van der Waals surface area contributed by atoms with E-state index in [-0.39, 0.29) is 28.4 Å². The van der Waals surface area contributed by atoms with E-state index in [9.17, 15) is 17.6 Å². The molecule has 0 aliphatic carbocycles. The van der Waals surface area contributed by atoms with Gasteiger partial charge in [0, 0.05) is 19.0 Å². The quantitative estimate of drug-likeness (QED) is 0.510. The van der Waals surface area contributed by atoms with Crippen LogP contribution in [0.3, 0.4) is 0 Å². The summed E-state index contributed by atoms with van der Waals surface area (Å²) in [5, 5.41) is 1.63. The molecule has 0 N–H and O–H groups in total. The molecule has 1 aromatic heterocycles. The first kappa shape index (κ1) is 18.3. The van der Waals surface area contributed by atoms with E-state index in [1.54, 1.807) is 12.1 Å². The third-order valence-electron chi connectivity index (χ3n) is 3.31. The summed E-state index contributed by atoms with van der Waals surface area (Å²) in [6.45, 7) is 0.269. The summed E-state index contributed by atoms with van der Waals surface area (Å²) in [6.07, 6.45) is 0.479. The zero-order valence-electron chi connectivity index (χ0n) is 12.3. The summed E-state index contributed by atoms with van der Waals surface area (Å²) < 4.78 is 39.1. The predicted molar refractivity (Wildman–Crippen MR) is 92.4 cm³/mol. The van der Waals surface area contributed by atoms with Crippen molar-refractivity contribution >= 4 is 43.1 Å². The van der Waals surface area contributed by atoms with Crippen molar-refractivity contribution in [3.05, 3.63) is 52.0 Å². The number of sulfonamides is 1. The van der Waals surface area contributed by atoms with Crippen LogP contribution in [0.15, 0.2) is 40.6 Å². The predicted octanol–water partition coefficient (Wildman–Crippen LogP) is 3.33. The Hall–Kier alpha value is -1.09. The van der Waals surface area contributed by atoms with Gasteiger partial charge in [0.05, 0.1) is 15.1 Å². The molecule has 0 saturated heterocycles. The van der Waals surface area contributed by atoms with Gasteiger partial charge in [-0.2, -0.15) is 0 Å². The van der Waals surface area contributed by atoms with E-state index in [0.717, 1.165) is 16.9 Å². The second-order valence-electron chi connectivity index (χ2n) is 4.91. The molecule has 0 fully saturated rings. The van der Waals surface area contributed by atoms with Gasteiger partial charge in [0.2, 0.25) is 10.0 Å². The average Bonchev–Trinajstić information content (AvgIpc) is 3.04. The molecule has 2 aromatic rings. The van der Waals surface area contributed by atoms with E-state index >= 15 is 0 Å². The van der Waals surface area contributed by atoms with Crippen molar-refractivity contribution in [3.8, 4) is 0 Å². The topological polar surface area (TPSA) is 54.5 Å². The highest BCUT2D eigenvalue weighted by molar-refractivity contribution is 9.09. The minimum atomic E-state index is -3.64. The maximum atomic E-state index is 12.9. The minimum Gasteiger partial charge on any atom is -0.292 e. The van der Waals surface area contributed by atoms with Crippen LogP contribution in [-0.4, -0.2) is 37.4 Å². The highest BCUT2D eigenvalue weighted by Crippen LogP contribution is 2.23. The number of nitrogens with zero attached hydrogens (tertiary/aromatic N) is 1. The number of Topliss-reactive ketones (excluding diaryl/α,β-unsaturated/α-hetero) is 1. The van der Waals surface area contributed by atoms with Crippen LogP contribution in [-0.2, 0) is 16.4 Å². The molecular weight excluding hydrogens is 405 g/mol. The minimum absolute atomic E-state index is 0.119. The van der Waals surface area contributed by atoms with E-state index in [4.69, 9.17) is 0 Å². The molecule has 0 aliphatic rings. The third-order valence-corrected chi connectivity index (χ3v) is 6.77.